The number of para-hydroxylation sites is 1. The summed E-state index contributed by atoms with van der Waals surface area (Å²) in [7, 11) is 0. The summed E-state index contributed by atoms with van der Waals surface area (Å²) < 4.78 is 46.7. The molecule has 0 aromatic heterocycles. The first kappa shape index (κ1) is 12.6. The third-order valence-corrected chi connectivity index (χ3v) is 3.71. The van der Waals surface area contributed by atoms with Gasteiger partial charge in [0.2, 0.25) is 0 Å². The molecule has 2 aliphatic heterocycles. The molecule has 2 atom stereocenters. The van der Waals surface area contributed by atoms with Gasteiger partial charge in [-0.05, 0) is 24.9 Å². The topological polar surface area (TPSA) is 30.5 Å². The van der Waals surface area contributed by atoms with Crippen LogP contribution in [-0.2, 0) is 0 Å². The van der Waals surface area contributed by atoms with Crippen molar-refractivity contribution < 1.29 is 22.6 Å². The molecule has 3 nitrogen and oxygen atoms in total. The summed E-state index contributed by atoms with van der Waals surface area (Å²) in [5, 5.41) is 3.28. The van der Waals surface area contributed by atoms with Crippen molar-refractivity contribution in [3.8, 4) is 11.5 Å². The standard InChI is InChI=1S/C13H14F3NO2/c14-13(15,16)19-11-3-1-2-9-10-7-17-6-8(10)4-5-18-12(9)11/h1-3,8,10,17H,4-7H2/t8-,10-/m1/s1. The second kappa shape index (κ2) is 4.59. The lowest BCUT2D eigenvalue weighted by molar-refractivity contribution is -0.275. The van der Waals surface area contributed by atoms with Gasteiger partial charge in [0.05, 0.1) is 6.61 Å². The lowest BCUT2D eigenvalue weighted by Crippen LogP contribution is -2.18. The van der Waals surface area contributed by atoms with E-state index in [2.05, 4.69) is 10.1 Å². The predicted octanol–water partition coefficient (Wildman–Crippen LogP) is 2.67. The van der Waals surface area contributed by atoms with Crippen LogP contribution in [0.5, 0.6) is 11.5 Å². The normalized spacial score (nSPS) is 26.1. The second-order valence-corrected chi connectivity index (χ2v) is 4.88. The van der Waals surface area contributed by atoms with Gasteiger partial charge in [0.15, 0.2) is 11.5 Å². The Kier molecular flexibility index (Phi) is 3.05. The Morgan fingerprint density at radius 2 is 2.11 bits per heavy atom. The summed E-state index contributed by atoms with van der Waals surface area (Å²) in [6.07, 6.45) is -3.85. The van der Waals surface area contributed by atoms with Gasteiger partial charge in [-0.25, -0.2) is 0 Å². The zero-order chi connectivity index (χ0) is 13.5. The molecule has 0 spiro atoms. The summed E-state index contributed by atoms with van der Waals surface area (Å²) in [5.74, 6) is 0.630. The SMILES string of the molecule is FC(F)(F)Oc1cccc2c1OCC[C@@H]1CNC[C@@H]21. The van der Waals surface area contributed by atoms with Crippen molar-refractivity contribution in [2.75, 3.05) is 19.7 Å². The Bertz CT molecular complexity index is 475. The number of hydrogen-bond acceptors (Lipinski definition) is 3. The Morgan fingerprint density at radius 3 is 2.89 bits per heavy atom. The zero-order valence-corrected chi connectivity index (χ0v) is 10.2. The van der Waals surface area contributed by atoms with Gasteiger partial charge >= 0.3 is 6.36 Å². The van der Waals surface area contributed by atoms with E-state index in [-0.39, 0.29) is 17.4 Å². The fourth-order valence-electron chi connectivity index (χ4n) is 2.90. The molecule has 1 saturated heterocycles. The van der Waals surface area contributed by atoms with Crippen molar-refractivity contribution in [2.45, 2.75) is 18.7 Å². The molecular formula is C13H14F3NO2. The monoisotopic (exact) mass is 273 g/mol. The van der Waals surface area contributed by atoms with Crippen LogP contribution < -0.4 is 14.8 Å². The van der Waals surface area contributed by atoms with Gasteiger partial charge in [-0.3, -0.25) is 0 Å². The minimum absolute atomic E-state index is 0.203. The Morgan fingerprint density at radius 1 is 1.26 bits per heavy atom. The molecule has 6 heteroatoms. The number of alkyl halides is 3. The molecule has 0 unspecified atom stereocenters. The van der Waals surface area contributed by atoms with Crippen LogP contribution in [0.25, 0.3) is 0 Å². The van der Waals surface area contributed by atoms with Crippen LogP contribution in [0.2, 0.25) is 0 Å². The third-order valence-electron chi connectivity index (χ3n) is 3.71. The largest absolute Gasteiger partial charge is 0.573 e. The van der Waals surface area contributed by atoms with E-state index in [4.69, 9.17) is 4.74 Å². The predicted molar refractivity (Wildman–Crippen MR) is 62.3 cm³/mol. The molecule has 0 saturated carbocycles. The summed E-state index contributed by atoms with van der Waals surface area (Å²) in [6.45, 7) is 2.09. The van der Waals surface area contributed by atoms with Crippen LogP contribution in [0.4, 0.5) is 13.2 Å². The maximum atomic E-state index is 12.4. The van der Waals surface area contributed by atoms with Crippen LogP contribution in [0, 0.1) is 5.92 Å². The first-order valence-electron chi connectivity index (χ1n) is 6.27. The lowest BCUT2D eigenvalue weighted by Gasteiger charge is -2.18. The number of hydrogen-bond donors (Lipinski definition) is 1. The quantitative estimate of drug-likeness (QED) is 0.853. The average molecular weight is 273 g/mol. The van der Waals surface area contributed by atoms with Crippen LogP contribution in [0.1, 0.15) is 17.9 Å². The van der Waals surface area contributed by atoms with Crippen molar-refractivity contribution in [2.24, 2.45) is 5.92 Å². The zero-order valence-electron chi connectivity index (χ0n) is 10.2. The average Bonchev–Trinajstić information content (AvgIpc) is 2.70. The van der Waals surface area contributed by atoms with E-state index in [1.165, 1.54) is 6.07 Å². The number of benzene rings is 1. The van der Waals surface area contributed by atoms with E-state index in [9.17, 15) is 13.2 Å². The highest BCUT2D eigenvalue weighted by Gasteiger charge is 2.37. The lowest BCUT2D eigenvalue weighted by atomic mass is 9.87. The van der Waals surface area contributed by atoms with Gasteiger partial charge in [0.1, 0.15) is 0 Å². The molecule has 104 valence electrons. The van der Waals surface area contributed by atoms with E-state index in [1.54, 1.807) is 6.07 Å². The fraction of sp³-hybridized carbons (Fsp3) is 0.538. The fourth-order valence-corrected chi connectivity index (χ4v) is 2.90. The molecule has 0 bridgehead atoms. The number of halogens is 3. The summed E-state index contributed by atoms with van der Waals surface area (Å²) in [4.78, 5) is 0. The van der Waals surface area contributed by atoms with Crippen LogP contribution in [-0.4, -0.2) is 26.1 Å². The van der Waals surface area contributed by atoms with Crippen LogP contribution in [0.15, 0.2) is 18.2 Å². The second-order valence-electron chi connectivity index (χ2n) is 4.88. The van der Waals surface area contributed by atoms with Crippen molar-refractivity contribution >= 4 is 0 Å². The van der Waals surface area contributed by atoms with Crippen LogP contribution >= 0.6 is 0 Å². The maximum absolute atomic E-state index is 12.4. The van der Waals surface area contributed by atoms with Gasteiger partial charge in [-0.1, -0.05) is 12.1 Å². The summed E-state index contributed by atoms with van der Waals surface area (Å²) >= 11 is 0. The molecule has 0 aliphatic carbocycles. The number of fused-ring (bicyclic) bond motifs is 3. The highest BCUT2D eigenvalue weighted by atomic mass is 19.4. The molecule has 2 heterocycles. The van der Waals surface area contributed by atoms with Gasteiger partial charge < -0.3 is 14.8 Å². The Hall–Kier alpha value is -1.43. The molecule has 0 amide bonds. The van der Waals surface area contributed by atoms with Crippen molar-refractivity contribution in [3.63, 3.8) is 0 Å². The van der Waals surface area contributed by atoms with Crippen molar-refractivity contribution in [3.05, 3.63) is 23.8 Å². The Balaban J connectivity index is 1.99. The molecule has 19 heavy (non-hydrogen) atoms. The van der Waals surface area contributed by atoms with Crippen LogP contribution in [0.3, 0.4) is 0 Å². The summed E-state index contributed by atoms with van der Waals surface area (Å²) in [5.41, 5.74) is 0.814. The van der Waals surface area contributed by atoms with Gasteiger partial charge in [-0.2, -0.15) is 0 Å². The highest BCUT2D eigenvalue weighted by Crippen LogP contribution is 2.44. The summed E-state index contributed by atoms with van der Waals surface area (Å²) in [6, 6.07) is 4.72. The first-order chi connectivity index (χ1) is 9.04. The van der Waals surface area contributed by atoms with Gasteiger partial charge in [0.25, 0.3) is 0 Å². The first-order valence-corrected chi connectivity index (χ1v) is 6.27. The van der Waals surface area contributed by atoms with E-state index < -0.39 is 6.36 Å². The van der Waals surface area contributed by atoms with E-state index >= 15 is 0 Å². The molecule has 1 fully saturated rings. The molecule has 1 aromatic rings. The number of rotatable bonds is 1. The maximum Gasteiger partial charge on any atom is 0.573 e. The van der Waals surface area contributed by atoms with E-state index in [0.717, 1.165) is 25.1 Å². The highest BCUT2D eigenvalue weighted by molar-refractivity contribution is 5.49. The molecule has 2 aliphatic rings. The third kappa shape index (κ3) is 2.49. The molecule has 0 radical (unpaired) electrons. The van der Waals surface area contributed by atoms with E-state index in [1.807, 2.05) is 6.07 Å². The smallest absolute Gasteiger partial charge is 0.489 e. The number of nitrogens with one attached hydrogen (secondary N) is 1. The van der Waals surface area contributed by atoms with Gasteiger partial charge in [-0.15, -0.1) is 13.2 Å². The minimum Gasteiger partial charge on any atom is -0.489 e. The minimum atomic E-state index is -4.70. The van der Waals surface area contributed by atoms with Crippen molar-refractivity contribution in [1.82, 2.24) is 5.32 Å². The molecule has 3 rings (SSSR count). The Labute approximate surface area is 108 Å². The van der Waals surface area contributed by atoms with Crippen molar-refractivity contribution in [1.29, 1.82) is 0 Å². The number of ether oxygens (including phenoxy) is 2. The molecule has 1 aromatic carbocycles. The molecular weight excluding hydrogens is 259 g/mol. The van der Waals surface area contributed by atoms with Gasteiger partial charge in [0, 0.05) is 18.0 Å². The molecule has 1 N–H and O–H groups in total. The van der Waals surface area contributed by atoms with E-state index in [0.29, 0.717) is 12.5 Å².